The molecule has 0 aliphatic carbocycles. The van der Waals surface area contributed by atoms with Gasteiger partial charge >= 0.3 is 0 Å². The van der Waals surface area contributed by atoms with Gasteiger partial charge in [-0.2, -0.15) is 0 Å². The first-order chi connectivity index (χ1) is 9.17. The lowest BCUT2D eigenvalue weighted by Crippen LogP contribution is -2.60. The molecule has 0 aromatic rings. The van der Waals surface area contributed by atoms with Crippen LogP contribution in [0.4, 0.5) is 0 Å². The Balaban J connectivity index is 1.44. The van der Waals surface area contributed by atoms with E-state index in [4.69, 9.17) is 0 Å². The Bertz CT molecular complexity index is 324. The van der Waals surface area contributed by atoms with Gasteiger partial charge in [0.05, 0.1) is 6.54 Å². The third kappa shape index (κ3) is 2.93. The van der Waals surface area contributed by atoms with Crippen molar-refractivity contribution < 1.29 is 4.79 Å². The van der Waals surface area contributed by atoms with Crippen molar-refractivity contribution in [2.75, 3.05) is 66.0 Å². The average molecular weight is 266 g/mol. The predicted molar refractivity (Wildman–Crippen MR) is 75.1 cm³/mol. The zero-order valence-corrected chi connectivity index (χ0v) is 12.0. The molecular formula is C14H26N4O. The van der Waals surface area contributed by atoms with Gasteiger partial charge in [0.25, 0.3) is 0 Å². The molecule has 108 valence electrons. The van der Waals surface area contributed by atoms with Gasteiger partial charge in [-0.1, -0.05) is 0 Å². The molecule has 0 bridgehead atoms. The van der Waals surface area contributed by atoms with E-state index in [1.807, 2.05) is 0 Å². The van der Waals surface area contributed by atoms with Crippen molar-refractivity contribution in [2.24, 2.45) is 5.41 Å². The number of carbonyl (C=O) groups is 1. The number of nitrogens with one attached hydrogen (secondary N) is 1. The van der Waals surface area contributed by atoms with E-state index < -0.39 is 0 Å². The number of likely N-dealkylation sites (tertiary alicyclic amines) is 2. The normalized spacial score (nSPS) is 28.4. The molecule has 3 heterocycles. The first-order valence-corrected chi connectivity index (χ1v) is 7.56. The molecule has 0 aromatic carbocycles. The number of hydrogen-bond acceptors (Lipinski definition) is 4. The van der Waals surface area contributed by atoms with E-state index in [0.717, 1.165) is 39.3 Å². The number of amides is 1. The lowest BCUT2D eigenvalue weighted by atomic mass is 9.72. The molecule has 0 atom stereocenters. The topological polar surface area (TPSA) is 38.8 Å². The summed E-state index contributed by atoms with van der Waals surface area (Å²) in [5.41, 5.74) is 0.542. The third-order valence-corrected chi connectivity index (χ3v) is 4.96. The van der Waals surface area contributed by atoms with Gasteiger partial charge in [0.15, 0.2) is 0 Å². The van der Waals surface area contributed by atoms with Crippen LogP contribution in [0.5, 0.6) is 0 Å². The van der Waals surface area contributed by atoms with Crippen LogP contribution in [0.2, 0.25) is 0 Å². The van der Waals surface area contributed by atoms with Crippen molar-refractivity contribution in [2.45, 2.75) is 12.8 Å². The highest BCUT2D eigenvalue weighted by atomic mass is 16.2. The van der Waals surface area contributed by atoms with Crippen molar-refractivity contribution >= 4 is 5.91 Å². The smallest absolute Gasteiger partial charge is 0.236 e. The van der Waals surface area contributed by atoms with E-state index >= 15 is 0 Å². The molecule has 0 saturated carbocycles. The minimum absolute atomic E-state index is 0.337. The SMILES string of the molecule is CN1CC2(CCN(C(=O)CN3CCNCC3)CC2)C1. The van der Waals surface area contributed by atoms with Crippen LogP contribution in [0.15, 0.2) is 0 Å². The first-order valence-electron chi connectivity index (χ1n) is 7.56. The van der Waals surface area contributed by atoms with Gasteiger partial charge in [-0.25, -0.2) is 0 Å². The first kappa shape index (κ1) is 13.3. The molecule has 1 amide bonds. The maximum Gasteiger partial charge on any atom is 0.236 e. The largest absolute Gasteiger partial charge is 0.342 e. The molecule has 19 heavy (non-hydrogen) atoms. The Kier molecular flexibility index (Phi) is 3.78. The molecule has 0 unspecified atom stereocenters. The average Bonchev–Trinajstić information content (AvgIpc) is 2.39. The predicted octanol–water partition coefficient (Wildman–Crippen LogP) is -0.554. The van der Waals surface area contributed by atoms with Crippen molar-refractivity contribution in [1.82, 2.24) is 20.0 Å². The van der Waals surface area contributed by atoms with Crippen LogP contribution in [0, 0.1) is 5.41 Å². The number of hydrogen-bond donors (Lipinski definition) is 1. The van der Waals surface area contributed by atoms with E-state index in [0.29, 0.717) is 17.9 Å². The Hall–Kier alpha value is -0.650. The zero-order chi connectivity index (χ0) is 13.3. The number of piperidine rings is 1. The van der Waals surface area contributed by atoms with Gasteiger partial charge in [-0.15, -0.1) is 0 Å². The molecule has 3 aliphatic rings. The van der Waals surface area contributed by atoms with E-state index in [-0.39, 0.29) is 0 Å². The third-order valence-electron chi connectivity index (χ3n) is 4.96. The second-order valence-corrected chi connectivity index (χ2v) is 6.58. The zero-order valence-electron chi connectivity index (χ0n) is 12.0. The molecule has 3 fully saturated rings. The van der Waals surface area contributed by atoms with Gasteiger partial charge in [0, 0.05) is 52.4 Å². The van der Waals surface area contributed by atoms with Crippen LogP contribution in [-0.2, 0) is 4.79 Å². The summed E-state index contributed by atoms with van der Waals surface area (Å²) in [6.07, 6.45) is 2.40. The summed E-state index contributed by atoms with van der Waals surface area (Å²) in [6, 6.07) is 0. The van der Waals surface area contributed by atoms with Crippen LogP contribution in [0.25, 0.3) is 0 Å². The highest BCUT2D eigenvalue weighted by Gasteiger charge is 2.43. The van der Waals surface area contributed by atoms with Gasteiger partial charge in [0.2, 0.25) is 5.91 Å². The molecule has 0 aromatic heterocycles. The van der Waals surface area contributed by atoms with Gasteiger partial charge in [0.1, 0.15) is 0 Å². The lowest BCUT2D eigenvalue weighted by molar-refractivity contribution is -0.137. The second kappa shape index (κ2) is 5.38. The number of nitrogens with zero attached hydrogens (tertiary/aromatic N) is 3. The Morgan fingerprint density at radius 3 is 2.32 bits per heavy atom. The minimum Gasteiger partial charge on any atom is -0.342 e. The summed E-state index contributed by atoms with van der Waals surface area (Å²) in [5, 5.41) is 3.33. The number of rotatable bonds is 2. The van der Waals surface area contributed by atoms with Crippen molar-refractivity contribution in [3.05, 3.63) is 0 Å². The Labute approximate surface area is 115 Å². The fourth-order valence-electron chi connectivity index (χ4n) is 3.81. The van der Waals surface area contributed by atoms with Crippen LogP contribution >= 0.6 is 0 Å². The number of carbonyl (C=O) groups excluding carboxylic acids is 1. The molecule has 1 N–H and O–H groups in total. The summed E-state index contributed by atoms with van der Waals surface area (Å²) in [5.74, 6) is 0.337. The second-order valence-electron chi connectivity index (χ2n) is 6.58. The molecule has 0 radical (unpaired) electrons. The van der Waals surface area contributed by atoms with E-state index in [1.165, 1.54) is 25.9 Å². The minimum atomic E-state index is 0.337. The summed E-state index contributed by atoms with van der Waals surface area (Å²) < 4.78 is 0. The van der Waals surface area contributed by atoms with Crippen LogP contribution < -0.4 is 5.32 Å². The molecule has 5 heteroatoms. The lowest BCUT2D eigenvalue weighted by Gasteiger charge is -2.53. The van der Waals surface area contributed by atoms with Crippen LogP contribution in [0.3, 0.4) is 0 Å². The highest BCUT2D eigenvalue weighted by Crippen LogP contribution is 2.39. The molecule has 3 aliphatic heterocycles. The molecule has 3 rings (SSSR count). The van der Waals surface area contributed by atoms with E-state index in [2.05, 4.69) is 27.1 Å². The van der Waals surface area contributed by atoms with Crippen molar-refractivity contribution in [3.63, 3.8) is 0 Å². The van der Waals surface area contributed by atoms with Gasteiger partial charge in [-0.05, 0) is 25.3 Å². The highest BCUT2D eigenvalue weighted by molar-refractivity contribution is 5.78. The maximum atomic E-state index is 12.3. The monoisotopic (exact) mass is 266 g/mol. The van der Waals surface area contributed by atoms with Gasteiger partial charge in [-0.3, -0.25) is 9.69 Å². The fourth-order valence-corrected chi connectivity index (χ4v) is 3.81. The van der Waals surface area contributed by atoms with Gasteiger partial charge < -0.3 is 15.1 Å². The standard InChI is InChI=1S/C14H26N4O/c1-16-11-14(12-16)2-6-18(7-3-14)13(19)10-17-8-4-15-5-9-17/h15H,2-12H2,1H3. The summed E-state index contributed by atoms with van der Waals surface area (Å²) in [6.45, 7) is 9.07. The van der Waals surface area contributed by atoms with Crippen molar-refractivity contribution in [1.29, 1.82) is 0 Å². The van der Waals surface area contributed by atoms with E-state index in [1.54, 1.807) is 0 Å². The summed E-state index contributed by atoms with van der Waals surface area (Å²) in [7, 11) is 2.19. The van der Waals surface area contributed by atoms with Crippen molar-refractivity contribution in [3.8, 4) is 0 Å². The Morgan fingerprint density at radius 1 is 1.11 bits per heavy atom. The summed E-state index contributed by atoms with van der Waals surface area (Å²) >= 11 is 0. The molecular weight excluding hydrogens is 240 g/mol. The molecule has 3 saturated heterocycles. The summed E-state index contributed by atoms with van der Waals surface area (Å²) in [4.78, 5) is 19.1. The Morgan fingerprint density at radius 2 is 1.74 bits per heavy atom. The van der Waals surface area contributed by atoms with E-state index in [9.17, 15) is 4.79 Å². The van der Waals surface area contributed by atoms with Crippen LogP contribution in [-0.4, -0.2) is 86.6 Å². The fraction of sp³-hybridized carbons (Fsp3) is 0.929. The maximum absolute atomic E-state index is 12.3. The molecule has 5 nitrogen and oxygen atoms in total. The van der Waals surface area contributed by atoms with Crippen LogP contribution in [0.1, 0.15) is 12.8 Å². The quantitative estimate of drug-likeness (QED) is 0.728. The number of piperazine rings is 1. The molecule has 1 spiro atoms.